The monoisotopic (exact) mass is 350 g/mol. The molecule has 9 heteroatoms. The predicted molar refractivity (Wildman–Crippen MR) is 86.3 cm³/mol. The Labute approximate surface area is 142 Å². The van der Waals surface area contributed by atoms with Crippen LogP contribution in [0, 0.1) is 15.9 Å². The first kappa shape index (κ1) is 18.0. The summed E-state index contributed by atoms with van der Waals surface area (Å²) in [6.07, 6.45) is 0.0176. The molecule has 0 bridgehead atoms. The number of nitrogen functional groups attached to an aromatic ring is 1. The van der Waals surface area contributed by atoms with Gasteiger partial charge in [-0.3, -0.25) is 14.9 Å². The van der Waals surface area contributed by atoms with Crippen LogP contribution in [0.15, 0.2) is 30.3 Å². The molecule has 2 aromatic rings. The minimum atomic E-state index is -0.845. The molecule has 0 radical (unpaired) electrons. The fourth-order valence-corrected chi connectivity index (χ4v) is 2.05. The zero-order chi connectivity index (χ0) is 18.6. The van der Waals surface area contributed by atoms with Crippen LogP contribution in [0.3, 0.4) is 0 Å². The lowest BCUT2D eigenvalue weighted by Gasteiger charge is -2.12. The van der Waals surface area contributed by atoms with Crippen molar-refractivity contribution in [2.24, 2.45) is 0 Å². The van der Waals surface area contributed by atoms with Gasteiger partial charge in [-0.25, -0.2) is 4.39 Å². The highest BCUT2D eigenvalue weighted by Crippen LogP contribution is 2.38. The maximum absolute atomic E-state index is 13.6. The molecule has 0 saturated heterocycles. The van der Waals surface area contributed by atoms with E-state index >= 15 is 0 Å². The average Bonchev–Trinajstić information content (AvgIpc) is 2.58. The minimum Gasteiger partial charge on any atom is -0.493 e. The normalized spacial score (nSPS) is 10.2. The molecule has 2 rings (SSSR count). The number of carbonyl (C=O) groups excluding carboxylic acids is 1. The smallest absolute Gasteiger partial charge is 0.313 e. The van der Waals surface area contributed by atoms with Crippen LogP contribution in [-0.4, -0.2) is 25.1 Å². The summed E-state index contributed by atoms with van der Waals surface area (Å²) in [5, 5.41) is 11.1. The van der Waals surface area contributed by atoms with Crippen LogP contribution in [-0.2, 0) is 16.0 Å². The summed E-state index contributed by atoms with van der Waals surface area (Å²) in [5.41, 5.74) is 5.10. The number of nitro benzene ring substituents is 1. The number of carbonyl (C=O) groups is 1. The first-order valence-electron chi connectivity index (χ1n) is 7.00. The molecule has 0 aliphatic heterocycles. The Hall–Kier alpha value is -3.36. The van der Waals surface area contributed by atoms with Crippen molar-refractivity contribution >= 4 is 17.3 Å². The molecule has 0 unspecified atom stereocenters. The number of anilines is 1. The lowest BCUT2D eigenvalue weighted by molar-refractivity contribution is -0.385. The van der Waals surface area contributed by atoms with Gasteiger partial charge in [-0.05, 0) is 17.7 Å². The fraction of sp³-hybridized carbons (Fsp3) is 0.188. The van der Waals surface area contributed by atoms with E-state index in [9.17, 15) is 19.3 Å². The van der Waals surface area contributed by atoms with E-state index in [0.717, 1.165) is 12.1 Å². The zero-order valence-electron chi connectivity index (χ0n) is 13.4. The van der Waals surface area contributed by atoms with E-state index in [-0.39, 0.29) is 29.4 Å². The molecule has 0 spiro atoms. The van der Waals surface area contributed by atoms with E-state index in [2.05, 4.69) is 4.74 Å². The van der Waals surface area contributed by atoms with Crippen molar-refractivity contribution in [2.75, 3.05) is 20.0 Å². The Kier molecular flexibility index (Phi) is 5.38. The molecule has 0 aliphatic carbocycles. The van der Waals surface area contributed by atoms with E-state index in [1.165, 1.54) is 26.4 Å². The molecule has 8 nitrogen and oxygen atoms in total. The Morgan fingerprint density at radius 1 is 1.20 bits per heavy atom. The molecule has 132 valence electrons. The van der Waals surface area contributed by atoms with E-state index in [0.29, 0.717) is 5.56 Å². The molecule has 0 saturated carbocycles. The van der Waals surface area contributed by atoms with Crippen molar-refractivity contribution in [3.05, 3.63) is 51.8 Å². The quantitative estimate of drug-likeness (QED) is 0.369. The summed E-state index contributed by atoms with van der Waals surface area (Å²) < 4.78 is 28.8. The number of nitro groups is 1. The number of hydrogen-bond donors (Lipinski definition) is 1. The topological polar surface area (TPSA) is 114 Å². The van der Waals surface area contributed by atoms with Gasteiger partial charge in [0, 0.05) is 12.1 Å². The number of hydrogen-bond acceptors (Lipinski definition) is 7. The van der Waals surface area contributed by atoms with Gasteiger partial charge in [-0.15, -0.1) is 0 Å². The number of nitrogens with two attached hydrogens (primary N) is 1. The second kappa shape index (κ2) is 7.47. The number of halogens is 1. The number of nitrogens with zero attached hydrogens (tertiary/aromatic N) is 1. The minimum absolute atomic E-state index is 0.0176. The van der Waals surface area contributed by atoms with Gasteiger partial charge in [0.25, 0.3) is 0 Å². The summed E-state index contributed by atoms with van der Waals surface area (Å²) in [5.74, 6) is -1.28. The summed E-state index contributed by atoms with van der Waals surface area (Å²) in [6, 6.07) is 6.24. The van der Waals surface area contributed by atoms with Crippen LogP contribution in [0.5, 0.6) is 17.2 Å². The van der Waals surface area contributed by atoms with Gasteiger partial charge in [0.1, 0.15) is 5.82 Å². The molecular weight excluding hydrogens is 335 g/mol. The fourth-order valence-electron chi connectivity index (χ4n) is 2.05. The maximum atomic E-state index is 13.6. The first-order chi connectivity index (χ1) is 11.8. The molecule has 2 aromatic carbocycles. The van der Waals surface area contributed by atoms with Crippen LogP contribution in [0.2, 0.25) is 0 Å². The van der Waals surface area contributed by atoms with Gasteiger partial charge in [-0.2, -0.15) is 0 Å². The van der Waals surface area contributed by atoms with Gasteiger partial charge in [0.05, 0.1) is 31.3 Å². The summed E-state index contributed by atoms with van der Waals surface area (Å²) >= 11 is 0. The number of rotatable bonds is 6. The van der Waals surface area contributed by atoms with E-state index in [4.69, 9.17) is 15.2 Å². The second-order valence-electron chi connectivity index (χ2n) is 4.94. The Morgan fingerprint density at radius 2 is 1.92 bits per heavy atom. The van der Waals surface area contributed by atoms with Gasteiger partial charge in [0.2, 0.25) is 5.75 Å². The molecule has 25 heavy (non-hydrogen) atoms. The highest BCUT2D eigenvalue weighted by molar-refractivity contribution is 5.72. The third-order valence-electron chi connectivity index (χ3n) is 3.30. The number of benzene rings is 2. The molecule has 0 atom stereocenters. The number of ether oxygens (including phenoxy) is 3. The zero-order valence-corrected chi connectivity index (χ0v) is 13.4. The standard InChI is InChI=1S/C16H15FN2O6/c1-23-15-5-9(6-16(20)24-2)3-4-13(15)25-14-7-10(17)11(18)8-12(14)19(21)22/h3-5,7-8H,6,18H2,1-2H3. The van der Waals surface area contributed by atoms with E-state index < -0.39 is 22.4 Å². The van der Waals surface area contributed by atoms with E-state index in [1.54, 1.807) is 6.07 Å². The van der Waals surface area contributed by atoms with Crippen LogP contribution in [0.1, 0.15) is 5.56 Å². The average molecular weight is 350 g/mol. The highest BCUT2D eigenvalue weighted by atomic mass is 19.1. The van der Waals surface area contributed by atoms with Crippen LogP contribution >= 0.6 is 0 Å². The largest absolute Gasteiger partial charge is 0.493 e. The third-order valence-corrected chi connectivity index (χ3v) is 3.30. The highest BCUT2D eigenvalue weighted by Gasteiger charge is 2.21. The molecule has 0 heterocycles. The molecule has 0 aliphatic rings. The van der Waals surface area contributed by atoms with Gasteiger partial charge in [0.15, 0.2) is 11.5 Å². The summed E-state index contributed by atoms with van der Waals surface area (Å²) in [4.78, 5) is 21.7. The summed E-state index contributed by atoms with van der Waals surface area (Å²) in [7, 11) is 2.63. The lowest BCUT2D eigenvalue weighted by Crippen LogP contribution is -2.05. The summed E-state index contributed by atoms with van der Waals surface area (Å²) in [6.45, 7) is 0. The van der Waals surface area contributed by atoms with Crippen LogP contribution in [0.4, 0.5) is 15.8 Å². The van der Waals surface area contributed by atoms with Gasteiger partial charge >= 0.3 is 11.7 Å². The molecule has 2 N–H and O–H groups in total. The SMILES string of the molecule is COC(=O)Cc1ccc(Oc2cc(F)c(N)cc2[N+](=O)[O-])c(OC)c1. The van der Waals surface area contributed by atoms with Crippen molar-refractivity contribution in [1.82, 2.24) is 0 Å². The van der Waals surface area contributed by atoms with E-state index in [1.807, 2.05) is 0 Å². The van der Waals surface area contributed by atoms with Gasteiger partial charge in [-0.1, -0.05) is 6.07 Å². The maximum Gasteiger partial charge on any atom is 0.313 e. The van der Waals surface area contributed by atoms with Gasteiger partial charge < -0.3 is 19.9 Å². The predicted octanol–water partition coefficient (Wildman–Crippen LogP) is 2.83. The number of methoxy groups -OCH3 is 2. The van der Waals surface area contributed by atoms with Crippen LogP contribution in [0.25, 0.3) is 0 Å². The van der Waals surface area contributed by atoms with Crippen molar-refractivity contribution < 1.29 is 28.3 Å². The van der Waals surface area contributed by atoms with Crippen LogP contribution < -0.4 is 15.2 Å². The molecule has 0 amide bonds. The van der Waals surface area contributed by atoms with Crippen molar-refractivity contribution in [2.45, 2.75) is 6.42 Å². The Morgan fingerprint density at radius 3 is 2.52 bits per heavy atom. The van der Waals surface area contributed by atoms with Crippen molar-refractivity contribution in [1.29, 1.82) is 0 Å². The van der Waals surface area contributed by atoms with Crippen molar-refractivity contribution in [3.63, 3.8) is 0 Å². The second-order valence-corrected chi connectivity index (χ2v) is 4.94. The lowest BCUT2D eigenvalue weighted by atomic mass is 10.1. The third kappa shape index (κ3) is 4.14. The Bertz CT molecular complexity index is 825. The van der Waals surface area contributed by atoms with Crippen molar-refractivity contribution in [3.8, 4) is 17.2 Å². The number of esters is 1. The Balaban J connectivity index is 2.39. The molecule has 0 aromatic heterocycles. The molecule has 0 fully saturated rings. The molecular formula is C16H15FN2O6. The first-order valence-corrected chi connectivity index (χ1v) is 7.00.